The summed E-state index contributed by atoms with van der Waals surface area (Å²) < 4.78 is 31.5. The number of nitrogens with zero attached hydrogens (tertiary/aromatic N) is 1. The SMILES string of the molecule is CCOC(=O)c1c(NC(=O)[C@@H](C)N(c2ccc(C)c(C)c2)S(C)(=O)=O)sc2c1CCC2. The third kappa shape index (κ3) is 4.77. The molecule has 7 nitrogen and oxygen atoms in total. The number of ether oxygens (including phenoxy) is 1. The van der Waals surface area contributed by atoms with Gasteiger partial charge in [-0.25, -0.2) is 13.2 Å². The van der Waals surface area contributed by atoms with E-state index >= 15 is 0 Å². The molecule has 1 atom stereocenters. The molecule has 31 heavy (non-hydrogen) atoms. The van der Waals surface area contributed by atoms with Crippen molar-refractivity contribution in [2.75, 3.05) is 22.5 Å². The van der Waals surface area contributed by atoms with E-state index < -0.39 is 27.9 Å². The Balaban J connectivity index is 1.93. The quantitative estimate of drug-likeness (QED) is 0.629. The van der Waals surface area contributed by atoms with Gasteiger partial charge in [0.15, 0.2) is 0 Å². The fourth-order valence-corrected chi connectivity index (χ4v) is 6.25. The molecule has 3 rings (SSSR count). The molecule has 0 fully saturated rings. The molecule has 1 N–H and O–H groups in total. The normalized spacial score (nSPS) is 14.1. The number of fused-ring (bicyclic) bond motifs is 1. The lowest BCUT2D eigenvalue weighted by molar-refractivity contribution is -0.116. The van der Waals surface area contributed by atoms with Crippen molar-refractivity contribution in [2.45, 2.75) is 53.0 Å². The van der Waals surface area contributed by atoms with E-state index in [1.165, 1.54) is 18.3 Å². The van der Waals surface area contributed by atoms with Crippen LogP contribution >= 0.6 is 11.3 Å². The number of rotatable bonds is 7. The number of carbonyl (C=O) groups excluding carboxylic acids is 2. The molecular formula is C22H28N2O5S2. The first-order valence-electron chi connectivity index (χ1n) is 10.2. The van der Waals surface area contributed by atoms with Gasteiger partial charge < -0.3 is 10.1 Å². The van der Waals surface area contributed by atoms with Crippen LogP contribution in [-0.4, -0.2) is 39.2 Å². The Morgan fingerprint density at radius 2 is 1.94 bits per heavy atom. The first-order chi connectivity index (χ1) is 14.5. The molecule has 168 valence electrons. The lowest BCUT2D eigenvalue weighted by atomic mass is 10.1. The van der Waals surface area contributed by atoms with Crippen LogP contribution in [0.4, 0.5) is 10.7 Å². The van der Waals surface area contributed by atoms with Crippen molar-refractivity contribution < 1.29 is 22.7 Å². The van der Waals surface area contributed by atoms with Crippen LogP contribution in [0.15, 0.2) is 18.2 Å². The van der Waals surface area contributed by atoms with Crippen LogP contribution in [0.2, 0.25) is 0 Å². The molecule has 0 bridgehead atoms. The van der Waals surface area contributed by atoms with Crippen LogP contribution in [-0.2, 0) is 32.4 Å². The maximum Gasteiger partial charge on any atom is 0.341 e. The number of hydrogen-bond acceptors (Lipinski definition) is 6. The third-order valence-electron chi connectivity index (χ3n) is 5.47. The summed E-state index contributed by atoms with van der Waals surface area (Å²) in [6.45, 7) is 7.34. The van der Waals surface area contributed by atoms with Gasteiger partial charge in [-0.3, -0.25) is 9.10 Å². The van der Waals surface area contributed by atoms with E-state index in [-0.39, 0.29) is 6.61 Å². The number of thiophene rings is 1. The number of carbonyl (C=O) groups is 2. The van der Waals surface area contributed by atoms with Crippen LogP contribution in [0.25, 0.3) is 0 Å². The maximum atomic E-state index is 13.1. The lowest BCUT2D eigenvalue weighted by Gasteiger charge is -2.28. The third-order valence-corrected chi connectivity index (χ3v) is 7.92. The Hall–Kier alpha value is -2.39. The van der Waals surface area contributed by atoms with Crippen LogP contribution < -0.4 is 9.62 Å². The van der Waals surface area contributed by atoms with E-state index in [9.17, 15) is 18.0 Å². The average molecular weight is 465 g/mol. The molecule has 1 aromatic carbocycles. The van der Waals surface area contributed by atoms with Crippen molar-refractivity contribution in [1.29, 1.82) is 0 Å². The zero-order chi connectivity index (χ0) is 22.9. The maximum absolute atomic E-state index is 13.1. The monoisotopic (exact) mass is 464 g/mol. The van der Waals surface area contributed by atoms with Gasteiger partial charge in [0.1, 0.15) is 11.0 Å². The first kappa shape index (κ1) is 23.3. The van der Waals surface area contributed by atoms with Gasteiger partial charge in [-0.05, 0) is 75.8 Å². The number of aryl methyl sites for hydroxylation is 3. The molecule has 0 aliphatic heterocycles. The summed E-state index contributed by atoms with van der Waals surface area (Å²) in [5, 5.41) is 3.22. The summed E-state index contributed by atoms with van der Waals surface area (Å²) >= 11 is 1.37. The molecule has 0 spiro atoms. The number of amides is 1. The number of benzene rings is 1. The van der Waals surface area contributed by atoms with E-state index in [0.29, 0.717) is 16.3 Å². The van der Waals surface area contributed by atoms with E-state index in [1.807, 2.05) is 19.9 Å². The predicted molar refractivity (Wildman–Crippen MR) is 124 cm³/mol. The molecule has 0 unspecified atom stereocenters. The predicted octanol–water partition coefficient (Wildman–Crippen LogP) is 3.82. The van der Waals surface area contributed by atoms with Crippen LogP contribution in [0.3, 0.4) is 0 Å². The van der Waals surface area contributed by atoms with Crippen LogP contribution in [0, 0.1) is 13.8 Å². The van der Waals surface area contributed by atoms with Crippen molar-refractivity contribution in [2.24, 2.45) is 0 Å². The Kier molecular flexibility index (Phi) is 6.76. The minimum Gasteiger partial charge on any atom is -0.462 e. The van der Waals surface area contributed by atoms with Gasteiger partial charge in [0.2, 0.25) is 15.9 Å². The van der Waals surface area contributed by atoms with Crippen molar-refractivity contribution in [3.05, 3.63) is 45.3 Å². The van der Waals surface area contributed by atoms with E-state index in [1.54, 1.807) is 19.1 Å². The van der Waals surface area contributed by atoms with Gasteiger partial charge in [-0.15, -0.1) is 11.3 Å². The van der Waals surface area contributed by atoms with E-state index in [2.05, 4.69) is 5.32 Å². The molecule has 0 saturated carbocycles. The van der Waals surface area contributed by atoms with Gasteiger partial charge in [0.05, 0.1) is 24.1 Å². The molecule has 1 heterocycles. The highest BCUT2D eigenvalue weighted by molar-refractivity contribution is 7.92. The van der Waals surface area contributed by atoms with Gasteiger partial charge >= 0.3 is 5.97 Å². The Morgan fingerprint density at radius 3 is 2.55 bits per heavy atom. The van der Waals surface area contributed by atoms with Crippen LogP contribution in [0.5, 0.6) is 0 Å². The van der Waals surface area contributed by atoms with Crippen LogP contribution in [0.1, 0.15) is 52.2 Å². The molecule has 1 aliphatic rings. The van der Waals surface area contributed by atoms with Gasteiger partial charge in [-0.2, -0.15) is 0 Å². The summed E-state index contributed by atoms with van der Waals surface area (Å²) in [7, 11) is -3.73. The second-order valence-electron chi connectivity index (χ2n) is 7.77. The highest BCUT2D eigenvalue weighted by Crippen LogP contribution is 2.39. The molecule has 9 heteroatoms. The summed E-state index contributed by atoms with van der Waals surface area (Å²) in [6, 6.07) is 4.26. The molecular weight excluding hydrogens is 436 g/mol. The molecule has 0 saturated heterocycles. The fraction of sp³-hybridized carbons (Fsp3) is 0.455. The van der Waals surface area contributed by atoms with Gasteiger partial charge in [-0.1, -0.05) is 6.07 Å². The summed E-state index contributed by atoms with van der Waals surface area (Å²) in [4.78, 5) is 26.7. The summed E-state index contributed by atoms with van der Waals surface area (Å²) in [5.41, 5.74) is 3.71. The number of anilines is 2. The smallest absolute Gasteiger partial charge is 0.341 e. The zero-order valence-corrected chi connectivity index (χ0v) is 20.1. The van der Waals surface area contributed by atoms with Gasteiger partial charge in [0.25, 0.3) is 0 Å². The zero-order valence-electron chi connectivity index (χ0n) is 18.4. The van der Waals surface area contributed by atoms with E-state index in [4.69, 9.17) is 4.74 Å². The number of esters is 1. The van der Waals surface area contributed by atoms with E-state index in [0.717, 1.165) is 51.4 Å². The average Bonchev–Trinajstić information content (AvgIpc) is 3.24. The topological polar surface area (TPSA) is 92.8 Å². The van der Waals surface area contributed by atoms with Gasteiger partial charge in [0, 0.05) is 4.88 Å². The standard InChI is InChI=1S/C22H28N2O5S2/c1-6-29-22(26)19-17-8-7-9-18(17)30-21(19)23-20(25)15(4)24(31(5,27)28)16-11-10-13(2)14(3)12-16/h10-12,15H,6-9H2,1-5H3,(H,23,25)/t15-/m1/s1. The Morgan fingerprint density at radius 1 is 1.23 bits per heavy atom. The minimum atomic E-state index is -3.73. The van der Waals surface area contributed by atoms with Crippen molar-refractivity contribution in [1.82, 2.24) is 0 Å². The number of nitrogens with one attached hydrogen (secondary N) is 1. The molecule has 1 aromatic heterocycles. The second-order valence-corrected chi connectivity index (χ2v) is 10.7. The highest BCUT2D eigenvalue weighted by Gasteiger charge is 2.33. The highest BCUT2D eigenvalue weighted by atomic mass is 32.2. The molecule has 1 aliphatic carbocycles. The fourth-order valence-electron chi connectivity index (χ4n) is 3.80. The molecule has 2 aromatic rings. The van der Waals surface area contributed by atoms with Crippen molar-refractivity contribution >= 4 is 43.9 Å². The largest absolute Gasteiger partial charge is 0.462 e. The summed E-state index contributed by atoms with van der Waals surface area (Å²) in [6.07, 6.45) is 3.67. The minimum absolute atomic E-state index is 0.238. The summed E-state index contributed by atoms with van der Waals surface area (Å²) in [5.74, 6) is -0.965. The van der Waals surface area contributed by atoms with Crippen molar-refractivity contribution in [3.63, 3.8) is 0 Å². The lowest BCUT2D eigenvalue weighted by Crippen LogP contribution is -2.45. The second kappa shape index (κ2) is 9.00. The molecule has 0 radical (unpaired) electrons. The van der Waals surface area contributed by atoms with Crippen molar-refractivity contribution in [3.8, 4) is 0 Å². The Bertz CT molecular complexity index is 1120. The molecule has 1 amide bonds. The number of sulfonamides is 1. The Labute approximate surface area is 187 Å². The first-order valence-corrected chi connectivity index (χ1v) is 12.9. The number of hydrogen-bond donors (Lipinski definition) is 1.